The summed E-state index contributed by atoms with van der Waals surface area (Å²) in [5.41, 5.74) is 0.532. The van der Waals surface area contributed by atoms with Crippen LogP contribution in [0, 0.1) is 34.9 Å². The number of hydrogen-bond donors (Lipinski definition) is 1. The summed E-state index contributed by atoms with van der Waals surface area (Å²) in [6.45, 7) is 0. The van der Waals surface area contributed by atoms with Gasteiger partial charge in [0.15, 0.2) is 23.3 Å². The van der Waals surface area contributed by atoms with Crippen LogP contribution < -0.4 is 0 Å². The van der Waals surface area contributed by atoms with E-state index in [9.17, 15) is 31.1 Å². The predicted octanol–water partition coefficient (Wildman–Crippen LogP) is 7.11. The van der Waals surface area contributed by atoms with E-state index >= 15 is 0 Å². The number of pyridine rings is 3. The minimum absolute atomic E-state index is 0. The average Bonchev–Trinajstić information content (AvgIpc) is 2.95. The SMILES string of the molecule is Fc1cc(F)c(-c2ccccn2)cc1F.Fc1cc(F)c(-c2ccccn2)cc1F.O=C(O)c1ccccn1.[Ir]. The molecule has 0 aliphatic carbocycles. The second kappa shape index (κ2) is 15.2. The number of rotatable bonds is 3. The molecule has 207 valence electrons. The minimum atomic E-state index is -1.20. The molecular formula is C28H17F6IrN3O2. The van der Waals surface area contributed by atoms with E-state index in [1.165, 1.54) is 36.8 Å². The van der Waals surface area contributed by atoms with Gasteiger partial charge in [0, 0.05) is 62.0 Å². The van der Waals surface area contributed by atoms with E-state index in [1.54, 1.807) is 36.4 Å². The van der Waals surface area contributed by atoms with E-state index in [4.69, 9.17) is 5.11 Å². The van der Waals surface area contributed by atoms with Gasteiger partial charge in [0.05, 0.1) is 11.4 Å². The molecule has 3 heterocycles. The Morgan fingerprint density at radius 2 is 0.900 bits per heavy atom. The fraction of sp³-hybridized carbons (Fsp3) is 0. The van der Waals surface area contributed by atoms with Gasteiger partial charge in [0.1, 0.15) is 17.3 Å². The summed E-state index contributed by atoms with van der Waals surface area (Å²) in [4.78, 5) is 21.4. The van der Waals surface area contributed by atoms with E-state index in [0.717, 1.165) is 12.1 Å². The van der Waals surface area contributed by atoms with Gasteiger partial charge in [0.2, 0.25) is 0 Å². The van der Waals surface area contributed by atoms with Crippen molar-refractivity contribution < 1.29 is 56.3 Å². The van der Waals surface area contributed by atoms with Gasteiger partial charge in [-0.15, -0.1) is 0 Å². The normalized spacial score (nSPS) is 9.75. The summed E-state index contributed by atoms with van der Waals surface area (Å²) in [6.07, 6.45) is 4.36. The largest absolute Gasteiger partial charge is 0.477 e. The number of nitrogens with zero attached hydrogens (tertiary/aromatic N) is 3. The summed E-state index contributed by atoms with van der Waals surface area (Å²) in [6, 6.07) is 17.0. The zero-order valence-corrected chi connectivity index (χ0v) is 22.4. The van der Waals surface area contributed by atoms with E-state index in [-0.39, 0.29) is 48.3 Å². The van der Waals surface area contributed by atoms with Crippen molar-refractivity contribution in [1.82, 2.24) is 15.0 Å². The number of hydrogen-bond acceptors (Lipinski definition) is 4. The first-order valence-electron chi connectivity index (χ1n) is 10.9. The monoisotopic (exact) mass is 734 g/mol. The van der Waals surface area contributed by atoms with Crippen LogP contribution in [-0.4, -0.2) is 26.0 Å². The quantitative estimate of drug-likeness (QED) is 0.158. The first-order chi connectivity index (χ1) is 18.7. The number of aromatic nitrogens is 3. The third-order valence-electron chi connectivity index (χ3n) is 4.79. The fourth-order valence-corrected chi connectivity index (χ4v) is 2.97. The van der Waals surface area contributed by atoms with Gasteiger partial charge in [-0.25, -0.2) is 36.1 Å². The van der Waals surface area contributed by atoms with Crippen LogP contribution >= 0.6 is 0 Å². The summed E-state index contributed by atoms with van der Waals surface area (Å²) in [5.74, 6) is -7.22. The zero-order valence-electron chi connectivity index (χ0n) is 20.0. The van der Waals surface area contributed by atoms with Crippen LogP contribution in [-0.2, 0) is 20.1 Å². The second-order valence-electron chi connectivity index (χ2n) is 7.44. The van der Waals surface area contributed by atoms with Crippen LogP contribution in [0.15, 0.2) is 97.5 Å². The van der Waals surface area contributed by atoms with Crippen molar-refractivity contribution in [2.45, 2.75) is 0 Å². The summed E-state index contributed by atoms with van der Waals surface area (Å²) in [5, 5.41) is 8.32. The molecule has 1 radical (unpaired) electrons. The molecule has 0 aliphatic rings. The molecule has 12 heteroatoms. The molecule has 0 saturated carbocycles. The van der Waals surface area contributed by atoms with Crippen molar-refractivity contribution in [3.63, 3.8) is 0 Å². The van der Waals surface area contributed by atoms with Crippen LogP contribution in [0.5, 0.6) is 0 Å². The summed E-state index contributed by atoms with van der Waals surface area (Å²) in [7, 11) is 0. The molecule has 3 aromatic heterocycles. The van der Waals surface area contributed by atoms with E-state index in [1.807, 2.05) is 0 Å². The number of halogens is 6. The van der Waals surface area contributed by atoms with Crippen molar-refractivity contribution in [3.05, 3.63) is 138 Å². The van der Waals surface area contributed by atoms with Gasteiger partial charge in [-0.1, -0.05) is 18.2 Å². The molecule has 2 aromatic carbocycles. The second-order valence-corrected chi connectivity index (χ2v) is 7.44. The molecule has 0 aliphatic heterocycles. The molecular weight excluding hydrogens is 717 g/mol. The maximum absolute atomic E-state index is 13.3. The van der Waals surface area contributed by atoms with Crippen molar-refractivity contribution >= 4 is 5.97 Å². The number of aromatic carboxylic acids is 1. The molecule has 0 unspecified atom stereocenters. The fourth-order valence-electron chi connectivity index (χ4n) is 2.97. The Hall–Kier alpha value is -4.41. The Bertz CT molecular complexity index is 1450. The zero-order chi connectivity index (χ0) is 28.4. The van der Waals surface area contributed by atoms with Gasteiger partial charge in [-0.05, 0) is 48.5 Å². The van der Waals surface area contributed by atoms with Crippen LogP contribution in [0.3, 0.4) is 0 Å². The Morgan fingerprint density at radius 3 is 1.20 bits per heavy atom. The molecule has 0 spiro atoms. The van der Waals surface area contributed by atoms with E-state index in [2.05, 4.69) is 15.0 Å². The Morgan fingerprint density at radius 1 is 0.525 bits per heavy atom. The molecule has 0 amide bonds. The predicted molar refractivity (Wildman–Crippen MR) is 130 cm³/mol. The van der Waals surface area contributed by atoms with Crippen LogP contribution in [0.4, 0.5) is 26.3 Å². The number of carbonyl (C=O) groups is 1. The standard InChI is InChI=1S/2C11H6F3N.C6H5NO2.Ir/c2*12-8-6-10(14)9(13)5-7(8)11-3-1-2-4-15-11;8-6(9)5-3-1-2-4-7-5;/h2*1-6H;1-4H,(H,8,9);. The maximum atomic E-state index is 13.3. The third-order valence-corrected chi connectivity index (χ3v) is 4.79. The number of carboxylic acid groups (broad SMARTS) is 1. The molecule has 0 bridgehead atoms. The van der Waals surface area contributed by atoms with Crippen molar-refractivity contribution in [1.29, 1.82) is 0 Å². The van der Waals surface area contributed by atoms with Gasteiger partial charge in [0.25, 0.3) is 0 Å². The average molecular weight is 734 g/mol. The molecule has 1 N–H and O–H groups in total. The van der Waals surface area contributed by atoms with Crippen molar-refractivity contribution in [3.8, 4) is 22.5 Å². The maximum Gasteiger partial charge on any atom is 0.354 e. The first kappa shape index (κ1) is 31.8. The van der Waals surface area contributed by atoms with E-state index in [0.29, 0.717) is 12.1 Å². The van der Waals surface area contributed by atoms with Crippen molar-refractivity contribution in [2.75, 3.05) is 0 Å². The number of benzene rings is 2. The molecule has 0 fully saturated rings. The van der Waals surface area contributed by atoms with Crippen LogP contribution in [0.1, 0.15) is 10.5 Å². The molecule has 40 heavy (non-hydrogen) atoms. The van der Waals surface area contributed by atoms with Gasteiger partial charge >= 0.3 is 5.97 Å². The first-order valence-corrected chi connectivity index (χ1v) is 10.9. The van der Waals surface area contributed by atoms with Gasteiger partial charge in [-0.3, -0.25) is 9.97 Å². The van der Waals surface area contributed by atoms with Crippen molar-refractivity contribution in [2.24, 2.45) is 0 Å². The molecule has 5 aromatic rings. The summed E-state index contributed by atoms with van der Waals surface area (Å²) >= 11 is 0. The minimum Gasteiger partial charge on any atom is -0.477 e. The number of carboxylic acids is 1. The van der Waals surface area contributed by atoms with E-state index < -0.39 is 40.9 Å². The smallest absolute Gasteiger partial charge is 0.354 e. The van der Waals surface area contributed by atoms with Gasteiger partial charge < -0.3 is 5.11 Å². The Labute approximate surface area is 237 Å². The molecule has 5 nitrogen and oxygen atoms in total. The molecule has 0 atom stereocenters. The summed E-state index contributed by atoms with van der Waals surface area (Å²) < 4.78 is 77.6. The van der Waals surface area contributed by atoms with Gasteiger partial charge in [-0.2, -0.15) is 0 Å². The Kier molecular flexibility index (Phi) is 12.1. The van der Waals surface area contributed by atoms with Crippen LogP contribution in [0.2, 0.25) is 0 Å². The molecule has 5 rings (SSSR count). The van der Waals surface area contributed by atoms with Crippen LogP contribution in [0.25, 0.3) is 22.5 Å². The molecule has 0 saturated heterocycles. The topological polar surface area (TPSA) is 76.0 Å². The Balaban J connectivity index is 0.000000215. The third kappa shape index (κ3) is 8.82.